The second-order valence-corrected chi connectivity index (χ2v) is 11.2. The molecule has 0 spiro atoms. The molecule has 0 saturated heterocycles. The van der Waals surface area contributed by atoms with Crippen molar-refractivity contribution in [2.75, 3.05) is 0 Å². The first-order chi connectivity index (χ1) is 19.6. The zero-order valence-electron chi connectivity index (χ0n) is 22.0. The number of rotatable bonds is 7. The van der Waals surface area contributed by atoms with Gasteiger partial charge in [0.1, 0.15) is 5.65 Å². The number of aromatic carboxylic acids is 1. The van der Waals surface area contributed by atoms with Crippen LogP contribution in [0.15, 0.2) is 103 Å². The van der Waals surface area contributed by atoms with Gasteiger partial charge in [-0.25, -0.2) is 9.78 Å². The molecule has 0 aliphatic heterocycles. The number of aryl methyl sites for hydroxylation is 3. The predicted octanol–water partition coefficient (Wildman–Crippen LogP) is 8.01. The van der Waals surface area contributed by atoms with Crippen LogP contribution in [0.2, 0.25) is 0 Å². The summed E-state index contributed by atoms with van der Waals surface area (Å²) in [4.78, 5) is 19.0. The van der Waals surface area contributed by atoms with Crippen molar-refractivity contribution in [1.82, 2.24) is 14.0 Å². The first-order valence-electron chi connectivity index (χ1n) is 13.4. The van der Waals surface area contributed by atoms with Gasteiger partial charge < -0.3 is 14.1 Å². The molecule has 0 aliphatic rings. The average molecular weight is 542 g/mol. The molecule has 0 aliphatic carbocycles. The molecule has 3 aromatic carbocycles. The van der Waals surface area contributed by atoms with E-state index in [1.807, 2.05) is 60.8 Å². The van der Waals surface area contributed by atoms with Crippen molar-refractivity contribution in [3.8, 4) is 11.3 Å². The standard InChI is InChI=1S/C34H27N3O2S/c1-22-8-6-12-28-31(22)24(21-36(28)18-16-25-10-7-19-40-25)20-29-33(35-30-13-4-5-17-37(29)30)27-15-14-23-9-2-3-11-26(23)32(27)34(38)39/h2-15,17,19,21H,16,18,20H2,1H3,(H,38,39). The van der Waals surface area contributed by atoms with Crippen LogP contribution in [0.5, 0.6) is 0 Å². The SMILES string of the molecule is Cc1cccc2c1c(Cc1c(-c3ccc4ccccc4c3C(=O)O)nc3ccccn13)cn2CCc1cccs1. The molecule has 0 saturated carbocycles. The summed E-state index contributed by atoms with van der Waals surface area (Å²) in [7, 11) is 0. The molecule has 0 fully saturated rings. The van der Waals surface area contributed by atoms with Crippen molar-refractivity contribution in [2.45, 2.75) is 26.3 Å². The van der Waals surface area contributed by atoms with Gasteiger partial charge in [0.2, 0.25) is 0 Å². The third-order valence-electron chi connectivity index (χ3n) is 7.76. The van der Waals surface area contributed by atoms with Crippen LogP contribution < -0.4 is 0 Å². The molecule has 196 valence electrons. The van der Waals surface area contributed by atoms with Gasteiger partial charge in [-0.15, -0.1) is 11.3 Å². The molecule has 0 amide bonds. The third kappa shape index (κ3) is 4.08. The van der Waals surface area contributed by atoms with Crippen molar-refractivity contribution in [3.63, 3.8) is 0 Å². The lowest BCUT2D eigenvalue weighted by molar-refractivity contribution is 0.0700. The molecule has 7 aromatic rings. The van der Waals surface area contributed by atoms with Gasteiger partial charge in [-0.2, -0.15) is 0 Å². The monoisotopic (exact) mass is 541 g/mol. The van der Waals surface area contributed by atoms with Crippen LogP contribution in [0.1, 0.15) is 32.1 Å². The molecule has 0 unspecified atom stereocenters. The number of carboxylic acids is 1. The third-order valence-corrected chi connectivity index (χ3v) is 8.69. The van der Waals surface area contributed by atoms with Gasteiger partial charge in [-0.3, -0.25) is 0 Å². The largest absolute Gasteiger partial charge is 0.478 e. The summed E-state index contributed by atoms with van der Waals surface area (Å²) >= 11 is 1.79. The van der Waals surface area contributed by atoms with E-state index in [2.05, 4.69) is 57.8 Å². The number of pyridine rings is 1. The van der Waals surface area contributed by atoms with E-state index in [9.17, 15) is 9.90 Å². The Kier molecular flexibility index (Phi) is 5.98. The Morgan fingerprint density at radius 1 is 0.950 bits per heavy atom. The minimum Gasteiger partial charge on any atom is -0.478 e. The fourth-order valence-electron chi connectivity index (χ4n) is 5.95. The predicted molar refractivity (Wildman–Crippen MR) is 163 cm³/mol. The Balaban J connectivity index is 1.41. The summed E-state index contributed by atoms with van der Waals surface area (Å²) in [6, 6.07) is 28.3. The normalized spacial score (nSPS) is 11.6. The van der Waals surface area contributed by atoms with E-state index in [1.165, 1.54) is 26.9 Å². The van der Waals surface area contributed by atoms with Crippen molar-refractivity contribution >= 4 is 44.6 Å². The molecule has 4 aromatic heterocycles. The summed E-state index contributed by atoms with van der Waals surface area (Å²) in [6.07, 6.45) is 5.90. The number of aromatic nitrogens is 3. The molecule has 0 radical (unpaired) electrons. The van der Waals surface area contributed by atoms with E-state index in [0.29, 0.717) is 17.7 Å². The molecule has 1 N–H and O–H groups in total. The lowest BCUT2D eigenvalue weighted by Crippen LogP contribution is -2.03. The molecular weight excluding hydrogens is 514 g/mol. The van der Waals surface area contributed by atoms with Gasteiger partial charge in [0.15, 0.2) is 0 Å². The number of fused-ring (bicyclic) bond motifs is 3. The number of imidazole rings is 1. The van der Waals surface area contributed by atoms with E-state index < -0.39 is 5.97 Å². The van der Waals surface area contributed by atoms with Gasteiger partial charge in [0.05, 0.1) is 17.0 Å². The van der Waals surface area contributed by atoms with Crippen LogP contribution in [0.25, 0.3) is 38.6 Å². The van der Waals surface area contributed by atoms with Gasteiger partial charge >= 0.3 is 5.97 Å². The summed E-state index contributed by atoms with van der Waals surface area (Å²) < 4.78 is 4.46. The average Bonchev–Trinajstić information content (AvgIpc) is 3.70. The number of hydrogen-bond donors (Lipinski definition) is 1. The Labute approximate surface area is 235 Å². The topological polar surface area (TPSA) is 59.5 Å². The summed E-state index contributed by atoms with van der Waals surface area (Å²) in [6.45, 7) is 3.06. The number of nitrogens with zero attached hydrogens (tertiary/aromatic N) is 3. The number of carbonyl (C=O) groups is 1. The van der Waals surface area contributed by atoms with Crippen LogP contribution in [0, 0.1) is 6.92 Å². The van der Waals surface area contributed by atoms with Crippen LogP contribution >= 0.6 is 11.3 Å². The maximum Gasteiger partial charge on any atom is 0.337 e. The Bertz CT molecular complexity index is 2030. The number of carboxylic acid groups (broad SMARTS) is 1. The molecule has 0 atom stereocenters. The molecule has 40 heavy (non-hydrogen) atoms. The van der Waals surface area contributed by atoms with E-state index in [4.69, 9.17) is 4.98 Å². The van der Waals surface area contributed by atoms with E-state index in [-0.39, 0.29) is 5.56 Å². The van der Waals surface area contributed by atoms with E-state index >= 15 is 0 Å². The molecule has 5 nitrogen and oxygen atoms in total. The fraction of sp³-hybridized carbons (Fsp3) is 0.118. The highest BCUT2D eigenvalue weighted by Crippen LogP contribution is 2.35. The van der Waals surface area contributed by atoms with Crippen molar-refractivity contribution in [2.24, 2.45) is 0 Å². The second kappa shape index (κ2) is 9.81. The minimum absolute atomic E-state index is 0.289. The first kappa shape index (κ1) is 24.4. The highest BCUT2D eigenvalue weighted by Gasteiger charge is 2.23. The molecule has 0 bridgehead atoms. The zero-order valence-corrected chi connectivity index (χ0v) is 22.9. The van der Waals surface area contributed by atoms with Crippen LogP contribution in [-0.2, 0) is 19.4 Å². The lowest BCUT2D eigenvalue weighted by Gasteiger charge is -2.11. The van der Waals surface area contributed by atoms with Crippen LogP contribution in [0.3, 0.4) is 0 Å². The van der Waals surface area contributed by atoms with Crippen LogP contribution in [0.4, 0.5) is 0 Å². The summed E-state index contributed by atoms with van der Waals surface area (Å²) in [5.41, 5.74) is 7.09. The molecule has 6 heteroatoms. The Hall–Kier alpha value is -4.68. The van der Waals surface area contributed by atoms with Crippen LogP contribution in [-0.4, -0.2) is 25.0 Å². The van der Waals surface area contributed by atoms with Gasteiger partial charge in [0.25, 0.3) is 0 Å². The first-order valence-corrected chi connectivity index (χ1v) is 14.3. The summed E-state index contributed by atoms with van der Waals surface area (Å²) in [5, 5.41) is 15.4. The zero-order chi connectivity index (χ0) is 27.2. The quantitative estimate of drug-likeness (QED) is 0.222. The number of benzene rings is 3. The van der Waals surface area contributed by atoms with Gasteiger partial charge in [-0.05, 0) is 64.9 Å². The Morgan fingerprint density at radius 3 is 2.67 bits per heavy atom. The smallest absolute Gasteiger partial charge is 0.337 e. The van der Waals surface area contributed by atoms with E-state index in [1.54, 1.807) is 11.3 Å². The number of thiophene rings is 1. The van der Waals surface area contributed by atoms with Crippen molar-refractivity contribution in [1.29, 1.82) is 0 Å². The van der Waals surface area contributed by atoms with Crippen molar-refractivity contribution in [3.05, 3.63) is 130 Å². The van der Waals surface area contributed by atoms with Crippen molar-refractivity contribution < 1.29 is 9.90 Å². The highest BCUT2D eigenvalue weighted by molar-refractivity contribution is 7.09. The fourth-order valence-corrected chi connectivity index (χ4v) is 6.65. The maximum atomic E-state index is 12.6. The Morgan fingerprint density at radius 2 is 1.82 bits per heavy atom. The minimum atomic E-state index is -0.948. The maximum absolute atomic E-state index is 12.6. The molecule has 4 heterocycles. The molecule has 7 rings (SSSR count). The van der Waals surface area contributed by atoms with Gasteiger partial charge in [0, 0.05) is 46.7 Å². The highest BCUT2D eigenvalue weighted by atomic mass is 32.1. The second-order valence-electron chi connectivity index (χ2n) is 10.2. The van der Waals surface area contributed by atoms with Gasteiger partial charge in [-0.1, -0.05) is 60.7 Å². The summed E-state index contributed by atoms with van der Waals surface area (Å²) in [5.74, 6) is -0.948. The lowest BCUT2D eigenvalue weighted by atomic mass is 9.94. The molecular formula is C34H27N3O2S. The number of hydrogen-bond acceptors (Lipinski definition) is 3. The van der Waals surface area contributed by atoms with E-state index in [0.717, 1.165) is 35.1 Å².